The fourth-order valence-electron chi connectivity index (χ4n) is 3.95. The van der Waals surface area contributed by atoms with Gasteiger partial charge in [0, 0.05) is 23.5 Å². The number of amides is 4. The Morgan fingerprint density at radius 3 is 2.05 bits per heavy atom. The van der Waals surface area contributed by atoms with E-state index in [2.05, 4.69) is 20.9 Å². The van der Waals surface area contributed by atoms with Crippen LogP contribution >= 0.6 is 0 Å². The molecule has 9 N–H and O–H groups in total. The molecule has 4 unspecified atom stereocenters. The molecule has 0 fully saturated rings. The highest BCUT2D eigenvalue weighted by molar-refractivity contribution is 5.96. The number of carbonyl (C=O) groups excluding carboxylic acids is 4. The zero-order valence-electron chi connectivity index (χ0n) is 22.1. The fraction of sp³-hybridized carbons (Fsp3) is 0.500. The van der Waals surface area contributed by atoms with Crippen LogP contribution in [0.3, 0.4) is 0 Å². The SMILES string of the molecule is CC(C)CC(NC(=O)C(CC(N)=O)NC(=O)C(Cc1c[nH]c2ccccc12)NC(=O)C(N)C(C)C)C(=O)O. The number of H-pyrrole nitrogens is 1. The van der Waals surface area contributed by atoms with E-state index in [-0.39, 0.29) is 24.7 Å². The Kier molecular flexibility index (Phi) is 10.8. The zero-order chi connectivity index (χ0) is 28.6. The van der Waals surface area contributed by atoms with Gasteiger partial charge in [0.15, 0.2) is 0 Å². The lowest BCUT2D eigenvalue weighted by Gasteiger charge is -2.25. The molecule has 0 spiro atoms. The number of hydrogen-bond acceptors (Lipinski definition) is 6. The summed E-state index contributed by atoms with van der Waals surface area (Å²) >= 11 is 0. The van der Waals surface area contributed by atoms with Gasteiger partial charge in [0.25, 0.3) is 0 Å². The Balaban J connectivity index is 2.31. The standard InChI is InChI=1S/C26H38N6O6/c1-13(2)9-20(26(37)38)32-24(35)19(11-21(27)33)30-23(34)18(31-25(36)22(28)14(3)4)10-15-12-29-17-8-6-5-7-16(15)17/h5-8,12-14,18-20,22,29H,9-11,28H2,1-4H3,(H2,27,33)(H,30,34)(H,31,36)(H,32,35)(H,37,38). The topological polar surface area (TPSA) is 209 Å². The number of aromatic nitrogens is 1. The number of para-hydroxylation sites is 1. The molecule has 38 heavy (non-hydrogen) atoms. The minimum Gasteiger partial charge on any atom is -0.480 e. The highest BCUT2D eigenvalue weighted by atomic mass is 16.4. The van der Waals surface area contributed by atoms with Crippen molar-refractivity contribution in [1.82, 2.24) is 20.9 Å². The fourth-order valence-corrected chi connectivity index (χ4v) is 3.95. The largest absolute Gasteiger partial charge is 0.480 e. The molecule has 0 bridgehead atoms. The quantitative estimate of drug-likeness (QED) is 0.180. The molecule has 0 aliphatic carbocycles. The Bertz CT molecular complexity index is 1160. The van der Waals surface area contributed by atoms with Gasteiger partial charge in [-0.1, -0.05) is 45.9 Å². The van der Waals surface area contributed by atoms with Gasteiger partial charge in [-0.3, -0.25) is 19.2 Å². The molecule has 1 aromatic carbocycles. The summed E-state index contributed by atoms with van der Waals surface area (Å²) in [6.45, 7) is 7.12. The Labute approximate surface area is 221 Å². The third-order valence-electron chi connectivity index (χ3n) is 6.11. The minimum absolute atomic E-state index is 0.0403. The van der Waals surface area contributed by atoms with Gasteiger partial charge >= 0.3 is 5.97 Å². The minimum atomic E-state index is -1.45. The molecule has 2 rings (SSSR count). The van der Waals surface area contributed by atoms with Crippen LogP contribution in [0, 0.1) is 11.8 Å². The van der Waals surface area contributed by atoms with E-state index in [1.165, 1.54) is 0 Å². The van der Waals surface area contributed by atoms with Crippen molar-refractivity contribution in [3.8, 4) is 0 Å². The van der Waals surface area contributed by atoms with E-state index < -0.39 is 60.2 Å². The second kappa shape index (κ2) is 13.6. The van der Waals surface area contributed by atoms with E-state index >= 15 is 0 Å². The van der Waals surface area contributed by atoms with Crippen LogP contribution < -0.4 is 27.4 Å². The highest BCUT2D eigenvalue weighted by Gasteiger charge is 2.32. The number of aromatic amines is 1. The lowest BCUT2D eigenvalue weighted by Crippen LogP contribution is -2.58. The summed E-state index contributed by atoms with van der Waals surface area (Å²) in [6, 6.07) is 2.71. The number of nitrogens with two attached hydrogens (primary N) is 2. The van der Waals surface area contributed by atoms with Gasteiger partial charge in [-0.15, -0.1) is 0 Å². The van der Waals surface area contributed by atoms with E-state index in [1.807, 2.05) is 24.3 Å². The van der Waals surface area contributed by atoms with Crippen LogP contribution in [0.2, 0.25) is 0 Å². The molecule has 0 saturated carbocycles. The van der Waals surface area contributed by atoms with Gasteiger partial charge in [0.05, 0.1) is 12.5 Å². The lowest BCUT2D eigenvalue weighted by molar-refractivity contribution is -0.143. The molecule has 0 radical (unpaired) electrons. The van der Waals surface area contributed by atoms with Crippen molar-refractivity contribution < 1.29 is 29.1 Å². The summed E-state index contributed by atoms with van der Waals surface area (Å²) in [5, 5.41) is 17.8. The first-order chi connectivity index (χ1) is 17.8. The molecule has 12 nitrogen and oxygen atoms in total. The summed E-state index contributed by atoms with van der Waals surface area (Å²) in [6.07, 6.45) is 1.36. The lowest BCUT2D eigenvalue weighted by atomic mass is 10.0. The maximum Gasteiger partial charge on any atom is 0.326 e. The maximum atomic E-state index is 13.4. The number of nitrogens with one attached hydrogen (secondary N) is 4. The van der Waals surface area contributed by atoms with Crippen molar-refractivity contribution in [3.63, 3.8) is 0 Å². The predicted octanol–water partition coefficient (Wildman–Crippen LogP) is 0.154. The van der Waals surface area contributed by atoms with Gasteiger partial charge < -0.3 is 37.5 Å². The van der Waals surface area contributed by atoms with E-state index in [0.29, 0.717) is 0 Å². The average Bonchev–Trinajstić information content (AvgIpc) is 3.24. The molecule has 2 aromatic rings. The van der Waals surface area contributed by atoms with Crippen molar-refractivity contribution in [2.75, 3.05) is 0 Å². The van der Waals surface area contributed by atoms with Crippen molar-refractivity contribution in [1.29, 1.82) is 0 Å². The van der Waals surface area contributed by atoms with Crippen LogP contribution in [0.1, 0.15) is 46.1 Å². The number of carboxylic acids is 1. The molecule has 4 amide bonds. The van der Waals surface area contributed by atoms with Crippen LogP contribution in [-0.4, -0.2) is 63.9 Å². The van der Waals surface area contributed by atoms with Crippen LogP contribution in [0.15, 0.2) is 30.5 Å². The van der Waals surface area contributed by atoms with Crippen LogP contribution in [-0.2, 0) is 30.4 Å². The summed E-state index contributed by atoms with van der Waals surface area (Å²) in [5.74, 6) is -4.55. The van der Waals surface area contributed by atoms with E-state index in [9.17, 15) is 29.1 Å². The molecule has 0 aliphatic heterocycles. The summed E-state index contributed by atoms with van der Waals surface area (Å²) in [4.78, 5) is 65.5. The van der Waals surface area contributed by atoms with Crippen molar-refractivity contribution in [3.05, 3.63) is 36.0 Å². The molecule has 0 saturated heterocycles. The number of hydrogen-bond donors (Lipinski definition) is 7. The second-order valence-electron chi connectivity index (χ2n) is 10.2. The molecule has 0 aliphatic rings. The first-order valence-electron chi connectivity index (χ1n) is 12.5. The number of aliphatic carboxylic acids is 1. The van der Waals surface area contributed by atoms with E-state index in [0.717, 1.165) is 16.5 Å². The summed E-state index contributed by atoms with van der Waals surface area (Å²) in [5.41, 5.74) is 12.9. The van der Waals surface area contributed by atoms with Gasteiger partial charge in [-0.2, -0.15) is 0 Å². The number of carbonyl (C=O) groups is 5. The monoisotopic (exact) mass is 530 g/mol. The molecule has 4 atom stereocenters. The summed E-state index contributed by atoms with van der Waals surface area (Å²) in [7, 11) is 0. The smallest absolute Gasteiger partial charge is 0.326 e. The van der Waals surface area contributed by atoms with Crippen LogP contribution in [0.4, 0.5) is 0 Å². The first-order valence-corrected chi connectivity index (χ1v) is 12.5. The van der Waals surface area contributed by atoms with Crippen molar-refractivity contribution in [2.24, 2.45) is 23.3 Å². The zero-order valence-corrected chi connectivity index (χ0v) is 22.1. The number of rotatable bonds is 14. The maximum absolute atomic E-state index is 13.4. The predicted molar refractivity (Wildman–Crippen MR) is 142 cm³/mol. The third-order valence-corrected chi connectivity index (χ3v) is 6.11. The van der Waals surface area contributed by atoms with E-state index in [4.69, 9.17) is 11.5 Å². The third kappa shape index (κ3) is 8.58. The number of primary amides is 1. The molecule has 208 valence electrons. The average molecular weight is 531 g/mol. The number of benzene rings is 1. The first kappa shape index (κ1) is 30.3. The van der Waals surface area contributed by atoms with Gasteiger partial charge in [0.1, 0.15) is 18.1 Å². The van der Waals surface area contributed by atoms with Gasteiger partial charge in [0.2, 0.25) is 23.6 Å². The van der Waals surface area contributed by atoms with Gasteiger partial charge in [-0.05, 0) is 29.9 Å². The molecular formula is C26H38N6O6. The Morgan fingerprint density at radius 2 is 1.47 bits per heavy atom. The van der Waals surface area contributed by atoms with E-state index in [1.54, 1.807) is 33.9 Å². The molecule has 12 heteroatoms. The Hall–Kier alpha value is -3.93. The van der Waals surface area contributed by atoms with Crippen LogP contribution in [0.5, 0.6) is 0 Å². The van der Waals surface area contributed by atoms with Crippen LogP contribution in [0.25, 0.3) is 10.9 Å². The van der Waals surface area contributed by atoms with Gasteiger partial charge in [-0.25, -0.2) is 4.79 Å². The Morgan fingerprint density at radius 1 is 0.895 bits per heavy atom. The summed E-state index contributed by atoms with van der Waals surface area (Å²) < 4.78 is 0. The second-order valence-corrected chi connectivity index (χ2v) is 10.2. The number of carboxylic acid groups (broad SMARTS) is 1. The number of fused-ring (bicyclic) bond motifs is 1. The van der Waals surface area contributed by atoms with Crippen molar-refractivity contribution in [2.45, 2.75) is 71.1 Å². The van der Waals surface area contributed by atoms with Crippen molar-refractivity contribution >= 4 is 40.5 Å². The molecular weight excluding hydrogens is 492 g/mol. The molecule has 1 heterocycles. The highest BCUT2D eigenvalue weighted by Crippen LogP contribution is 2.19. The molecule has 1 aromatic heterocycles. The normalized spacial score (nSPS) is 14.5.